The monoisotopic (exact) mass is 517 g/mol. The number of fused-ring (bicyclic) bond motifs is 2. The zero-order valence-corrected chi connectivity index (χ0v) is 21.1. The van der Waals surface area contributed by atoms with Crippen molar-refractivity contribution in [3.8, 4) is 17.5 Å². The van der Waals surface area contributed by atoms with E-state index >= 15 is 0 Å². The number of anilines is 1. The minimum atomic E-state index is -0.580. The number of nitrogens with zero attached hydrogens (tertiary/aromatic N) is 7. The van der Waals surface area contributed by atoms with E-state index in [0.717, 1.165) is 5.56 Å². The molecule has 0 aliphatic rings. The van der Waals surface area contributed by atoms with E-state index in [1.807, 2.05) is 56.4 Å². The first-order chi connectivity index (χ1) is 18.9. The molecule has 0 aliphatic carbocycles. The number of nitrogens with two attached hydrogens (primary N) is 1. The average Bonchev–Trinajstić information content (AvgIpc) is 3.63. The summed E-state index contributed by atoms with van der Waals surface area (Å²) in [7, 11) is 1.82. The normalized spacial score (nSPS) is 11.8. The van der Waals surface area contributed by atoms with E-state index in [-0.39, 0.29) is 17.2 Å². The minimum Gasteiger partial charge on any atom is -0.382 e. The van der Waals surface area contributed by atoms with Crippen LogP contribution in [0.5, 0.6) is 0 Å². The fraction of sp³-hybridized carbons (Fsp3) is 0.107. The average molecular weight is 518 g/mol. The van der Waals surface area contributed by atoms with Gasteiger partial charge in [-0.05, 0) is 55.3 Å². The second-order valence-electron chi connectivity index (χ2n) is 8.99. The minimum absolute atomic E-state index is 0.0673. The van der Waals surface area contributed by atoms with Gasteiger partial charge in [-0.25, -0.2) is 14.3 Å². The first kappa shape index (κ1) is 23.7. The molecule has 0 spiro atoms. The Labute approximate surface area is 222 Å². The van der Waals surface area contributed by atoms with Crippen molar-refractivity contribution in [1.29, 1.82) is 0 Å². The van der Waals surface area contributed by atoms with Crippen molar-refractivity contribution in [1.82, 2.24) is 38.7 Å². The number of aromatic nitrogens is 7. The van der Waals surface area contributed by atoms with Gasteiger partial charge in [-0.2, -0.15) is 10.2 Å². The van der Waals surface area contributed by atoms with Crippen molar-refractivity contribution in [2.75, 3.05) is 5.73 Å². The van der Waals surface area contributed by atoms with Gasteiger partial charge < -0.3 is 11.1 Å². The Kier molecular flexibility index (Phi) is 5.69. The molecule has 1 unspecified atom stereocenters. The Bertz CT molecular complexity index is 1980. The Morgan fingerprint density at radius 3 is 2.64 bits per heavy atom. The van der Waals surface area contributed by atoms with E-state index in [4.69, 9.17) is 5.73 Å². The molecule has 11 heteroatoms. The third-order valence-corrected chi connectivity index (χ3v) is 6.33. The van der Waals surface area contributed by atoms with Crippen molar-refractivity contribution in [3.63, 3.8) is 0 Å². The highest BCUT2D eigenvalue weighted by atomic mass is 16.2. The molecule has 3 N–H and O–H groups in total. The van der Waals surface area contributed by atoms with E-state index in [9.17, 15) is 9.59 Å². The molecule has 1 atom stereocenters. The molecule has 39 heavy (non-hydrogen) atoms. The molecular weight excluding hydrogens is 494 g/mol. The first-order valence-corrected chi connectivity index (χ1v) is 12.1. The quantitative estimate of drug-likeness (QED) is 0.345. The number of amides is 1. The maximum Gasteiger partial charge on any atom is 0.338 e. The molecular formula is C28H23N9O2. The van der Waals surface area contributed by atoms with Crippen molar-refractivity contribution < 1.29 is 4.79 Å². The lowest BCUT2D eigenvalue weighted by atomic mass is 10.1. The third kappa shape index (κ3) is 4.19. The molecule has 11 nitrogen and oxygen atoms in total. The highest BCUT2D eigenvalue weighted by Crippen LogP contribution is 2.21. The number of carbonyl (C=O) groups excluding carboxylic acids is 1. The lowest BCUT2D eigenvalue weighted by Crippen LogP contribution is -2.35. The van der Waals surface area contributed by atoms with Crippen LogP contribution >= 0.6 is 0 Å². The van der Waals surface area contributed by atoms with Crippen LogP contribution in [0.25, 0.3) is 16.9 Å². The molecule has 0 aliphatic heterocycles. The number of carbonyl (C=O) groups is 1. The standard InChI is InChI=1S/C28H23N9O2/c1-18(32-27(38)25-26(29)33-24-9-6-14-30-37(24)25)23-15-22-13-12-21(11-10-19-16-31-34(2)17-19)35(22)28(39)36(23)20-7-4-3-5-8-20/h3-9,12-18H,29H2,1-2H3,(H,32,38). The van der Waals surface area contributed by atoms with Gasteiger partial charge >= 0.3 is 5.69 Å². The number of nitrogen functional groups attached to an aromatic ring is 1. The molecule has 5 aromatic heterocycles. The fourth-order valence-corrected chi connectivity index (χ4v) is 4.54. The van der Waals surface area contributed by atoms with Gasteiger partial charge in [-0.1, -0.05) is 24.1 Å². The summed E-state index contributed by atoms with van der Waals surface area (Å²) in [5, 5.41) is 11.3. The van der Waals surface area contributed by atoms with Gasteiger partial charge in [0.25, 0.3) is 5.91 Å². The molecule has 0 fully saturated rings. The molecule has 5 heterocycles. The van der Waals surface area contributed by atoms with E-state index in [2.05, 4.69) is 32.3 Å². The van der Waals surface area contributed by atoms with Gasteiger partial charge in [-0.3, -0.25) is 18.4 Å². The number of hydrogen-bond acceptors (Lipinski definition) is 6. The lowest BCUT2D eigenvalue weighted by Gasteiger charge is -2.20. The zero-order valence-electron chi connectivity index (χ0n) is 21.1. The summed E-state index contributed by atoms with van der Waals surface area (Å²) in [4.78, 5) is 31.5. The highest BCUT2D eigenvalue weighted by molar-refractivity contribution is 5.98. The SMILES string of the molecule is CC(NC(=O)c1c(N)nc2cccnn12)c1cc2ccc(C#Cc3cnn(C)c3)n2c(=O)n1-c1ccccc1. The van der Waals surface area contributed by atoms with Gasteiger partial charge in [0.1, 0.15) is 5.69 Å². The van der Waals surface area contributed by atoms with Gasteiger partial charge in [-0.15, -0.1) is 0 Å². The van der Waals surface area contributed by atoms with Crippen LogP contribution in [-0.4, -0.2) is 39.3 Å². The predicted octanol–water partition coefficient (Wildman–Crippen LogP) is 2.34. The maximum atomic E-state index is 14.0. The Morgan fingerprint density at radius 2 is 1.87 bits per heavy atom. The van der Waals surface area contributed by atoms with Crippen LogP contribution in [0.2, 0.25) is 0 Å². The number of aryl methyl sites for hydroxylation is 1. The predicted molar refractivity (Wildman–Crippen MR) is 145 cm³/mol. The molecule has 192 valence electrons. The van der Waals surface area contributed by atoms with Crippen molar-refractivity contribution in [2.24, 2.45) is 7.05 Å². The fourth-order valence-electron chi connectivity index (χ4n) is 4.54. The Balaban J connectivity index is 1.45. The van der Waals surface area contributed by atoms with Crippen LogP contribution in [0, 0.1) is 11.8 Å². The second kappa shape index (κ2) is 9.35. The smallest absolute Gasteiger partial charge is 0.338 e. The molecule has 0 saturated heterocycles. The van der Waals surface area contributed by atoms with Crippen LogP contribution in [0.1, 0.15) is 40.4 Å². The molecule has 6 aromatic rings. The molecule has 0 radical (unpaired) electrons. The summed E-state index contributed by atoms with van der Waals surface area (Å²) in [6.07, 6.45) is 5.02. The van der Waals surface area contributed by atoms with Gasteiger partial charge in [0, 0.05) is 19.4 Å². The number of hydrogen-bond donors (Lipinski definition) is 2. The third-order valence-electron chi connectivity index (χ3n) is 6.33. The molecule has 1 aromatic carbocycles. The first-order valence-electron chi connectivity index (χ1n) is 12.1. The maximum absolute atomic E-state index is 14.0. The van der Waals surface area contributed by atoms with Crippen LogP contribution in [0.15, 0.2) is 84.0 Å². The van der Waals surface area contributed by atoms with Crippen LogP contribution < -0.4 is 16.7 Å². The van der Waals surface area contributed by atoms with E-state index in [0.29, 0.717) is 28.2 Å². The van der Waals surface area contributed by atoms with E-state index in [1.165, 1.54) is 4.52 Å². The second-order valence-corrected chi connectivity index (χ2v) is 8.99. The summed E-state index contributed by atoms with van der Waals surface area (Å²) in [6.45, 7) is 1.81. The summed E-state index contributed by atoms with van der Waals surface area (Å²) in [6, 6.07) is 17.6. The van der Waals surface area contributed by atoms with Crippen LogP contribution in [-0.2, 0) is 7.05 Å². The molecule has 0 bridgehead atoms. The summed E-state index contributed by atoms with van der Waals surface area (Å²) >= 11 is 0. The summed E-state index contributed by atoms with van der Waals surface area (Å²) in [5.41, 5.74) is 9.49. The summed E-state index contributed by atoms with van der Waals surface area (Å²) in [5.74, 6) is 5.75. The highest BCUT2D eigenvalue weighted by Gasteiger charge is 2.23. The zero-order chi connectivity index (χ0) is 27.1. The van der Waals surface area contributed by atoms with Gasteiger partial charge in [0.15, 0.2) is 17.2 Å². The molecule has 6 rings (SSSR count). The van der Waals surface area contributed by atoms with Crippen molar-refractivity contribution in [2.45, 2.75) is 13.0 Å². The summed E-state index contributed by atoms with van der Waals surface area (Å²) < 4.78 is 6.19. The Morgan fingerprint density at radius 1 is 1.05 bits per heavy atom. The topological polar surface area (TPSA) is 130 Å². The van der Waals surface area contributed by atoms with E-state index < -0.39 is 11.9 Å². The van der Waals surface area contributed by atoms with Gasteiger partial charge in [0.2, 0.25) is 0 Å². The number of imidazole rings is 1. The van der Waals surface area contributed by atoms with Gasteiger partial charge in [0.05, 0.1) is 34.7 Å². The largest absolute Gasteiger partial charge is 0.382 e. The van der Waals surface area contributed by atoms with Crippen molar-refractivity contribution in [3.05, 3.63) is 112 Å². The Hall–Kier alpha value is -5.63. The van der Waals surface area contributed by atoms with E-state index in [1.54, 1.807) is 50.4 Å². The van der Waals surface area contributed by atoms with Crippen molar-refractivity contribution >= 4 is 22.9 Å². The number of benzene rings is 1. The van der Waals surface area contributed by atoms with Crippen LogP contribution in [0.3, 0.4) is 0 Å². The van der Waals surface area contributed by atoms with Crippen LogP contribution in [0.4, 0.5) is 5.82 Å². The number of para-hydroxylation sites is 1. The number of nitrogens with one attached hydrogen (secondary N) is 1. The lowest BCUT2D eigenvalue weighted by molar-refractivity contribution is 0.0932. The molecule has 0 saturated carbocycles. The molecule has 1 amide bonds. The number of rotatable bonds is 4.